The molecule has 0 saturated carbocycles. The second kappa shape index (κ2) is 9.77. The fourth-order valence-corrected chi connectivity index (χ4v) is 5.10. The van der Waals surface area contributed by atoms with Crippen LogP contribution in [0.4, 0.5) is 9.18 Å². The van der Waals surface area contributed by atoms with Crippen LogP contribution in [0.2, 0.25) is 0 Å². The Morgan fingerprint density at radius 2 is 1.94 bits per heavy atom. The molecule has 2 aromatic rings. The number of hydrogen-bond acceptors (Lipinski definition) is 6. The molecule has 190 valence electrons. The van der Waals surface area contributed by atoms with E-state index < -0.39 is 11.9 Å². The van der Waals surface area contributed by atoms with E-state index in [1.807, 2.05) is 11.0 Å². The lowest BCUT2D eigenvalue weighted by molar-refractivity contribution is -0.130. The molecule has 0 spiro atoms. The monoisotopic (exact) mass is 495 g/mol. The summed E-state index contributed by atoms with van der Waals surface area (Å²) in [5, 5.41) is 16.3. The maximum Gasteiger partial charge on any atom is 0.340 e. The van der Waals surface area contributed by atoms with Gasteiger partial charge >= 0.3 is 6.03 Å². The van der Waals surface area contributed by atoms with Crippen LogP contribution in [-0.4, -0.2) is 95.4 Å². The van der Waals surface area contributed by atoms with Crippen molar-refractivity contribution in [1.82, 2.24) is 19.7 Å². The van der Waals surface area contributed by atoms with Crippen LogP contribution in [0, 0.1) is 11.7 Å². The summed E-state index contributed by atoms with van der Waals surface area (Å²) in [6.45, 7) is 5.93. The van der Waals surface area contributed by atoms with E-state index in [1.165, 1.54) is 17.1 Å². The zero-order valence-electron chi connectivity index (χ0n) is 20.4. The number of ether oxygens (including phenoxy) is 1. The van der Waals surface area contributed by atoms with Crippen molar-refractivity contribution in [1.29, 1.82) is 0 Å². The second-order valence-electron chi connectivity index (χ2n) is 9.48. The molecule has 3 aliphatic rings. The normalized spacial score (nSPS) is 21.4. The van der Waals surface area contributed by atoms with Crippen LogP contribution in [0.25, 0.3) is 0 Å². The largest absolute Gasteiger partial charge is 0.508 e. The Morgan fingerprint density at radius 3 is 2.67 bits per heavy atom. The Morgan fingerprint density at radius 1 is 1.17 bits per heavy atom. The predicted molar refractivity (Wildman–Crippen MR) is 131 cm³/mol. The van der Waals surface area contributed by atoms with E-state index in [4.69, 9.17) is 9.84 Å². The van der Waals surface area contributed by atoms with E-state index in [0.29, 0.717) is 43.2 Å². The highest BCUT2D eigenvalue weighted by molar-refractivity contribution is 6.07. The zero-order valence-corrected chi connectivity index (χ0v) is 20.4. The molecule has 10 heteroatoms. The summed E-state index contributed by atoms with van der Waals surface area (Å²) in [4.78, 5) is 30.9. The quantitative estimate of drug-likeness (QED) is 0.704. The van der Waals surface area contributed by atoms with Crippen LogP contribution in [0.3, 0.4) is 0 Å². The Kier molecular flexibility index (Phi) is 6.53. The predicted octanol–water partition coefficient (Wildman–Crippen LogP) is 2.52. The molecule has 9 nitrogen and oxygen atoms in total. The number of likely N-dealkylation sites (N-methyl/N-ethyl adjacent to an activating group) is 1. The number of hydrogen-bond donors (Lipinski definition) is 1. The van der Waals surface area contributed by atoms with Crippen LogP contribution in [0.5, 0.6) is 11.5 Å². The van der Waals surface area contributed by atoms with E-state index in [0.717, 1.165) is 18.7 Å². The fraction of sp³-hybridized carbons (Fsp3) is 0.423. The van der Waals surface area contributed by atoms with Crippen LogP contribution in [0.1, 0.15) is 24.1 Å². The molecule has 1 N–H and O–H groups in total. The smallest absolute Gasteiger partial charge is 0.340 e. The molecule has 36 heavy (non-hydrogen) atoms. The highest BCUT2D eigenvalue weighted by Crippen LogP contribution is 2.43. The summed E-state index contributed by atoms with van der Waals surface area (Å²) in [5.74, 6) is 0.00227. The molecule has 1 saturated heterocycles. The summed E-state index contributed by atoms with van der Waals surface area (Å²) in [6, 6.07) is 10.3. The molecule has 0 unspecified atom stereocenters. The van der Waals surface area contributed by atoms with Crippen molar-refractivity contribution in [2.75, 3.05) is 52.9 Å². The summed E-state index contributed by atoms with van der Waals surface area (Å²) < 4.78 is 20.0. The summed E-state index contributed by atoms with van der Waals surface area (Å²) in [7, 11) is 1.74. The van der Waals surface area contributed by atoms with Gasteiger partial charge in [-0.15, -0.1) is 0 Å². The molecule has 3 amide bonds. The number of benzene rings is 2. The van der Waals surface area contributed by atoms with Gasteiger partial charge in [0.15, 0.2) is 0 Å². The number of aromatic hydroxyl groups is 1. The van der Waals surface area contributed by atoms with Crippen molar-refractivity contribution < 1.29 is 23.8 Å². The Balaban J connectivity index is 1.36. The molecule has 0 radical (unpaired) electrons. The fourth-order valence-electron chi connectivity index (χ4n) is 5.10. The third kappa shape index (κ3) is 4.60. The number of phenolic OH excluding ortho intramolecular Hbond substituents is 1. The average molecular weight is 496 g/mol. The van der Waals surface area contributed by atoms with Crippen LogP contribution in [0.15, 0.2) is 47.6 Å². The van der Waals surface area contributed by atoms with Crippen molar-refractivity contribution in [3.63, 3.8) is 0 Å². The van der Waals surface area contributed by atoms with Crippen LogP contribution < -0.4 is 4.74 Å². The number of hydrazone groups is 1. The lowest BCUT2D eigenvalue weighted by Gasteiger charge is -2.35. The molecule has 2 atom stereocenters. The van der Waals surface area contributed by atoms with Gasteiger partial charge in [-0.2, -0.15) is 5.10 Å². The first-order valence-electron chi connectivity index (χ1n) is 12.1. The van der Waals surface area contributed by atoms with Crippen LogP contribution >= 0.6 is 0 Å². The SMILES string of the molecule is CC(=O)N1CCN(CCN(C)C(=O)N2N=C3c4cc(F)ccc4OC[C@@H]3[C@H]2c2cccc(O)c2)CC1. The average Bonchev–Trinajstić information content (AvgIpc) is 3.27. The third-order valence-corrected chi connectivity index (χ3v) is 7.15. The minimum absolute atomic E-state index is 0.0833. The van der Waals surface area contributed by atoms with Crippen molar-refractivity contribution in [3.8, 4) is 11.5 Å². The maximum absolute atomic E-state index is 14.1. The Bertz CT molecular complexity index is 1200. The number of fused-ring (bicyclic) bond motifs is 3. The first-order chi connectivity index (χ1) is 17.3. The Labute approximate surface area is 209 Å². The van der Waals surface area contributed by atoms with Gasteiger partial charge in [0.25, 0.3) is 0 Å². The first-order valence-corrected chi connectivity index (χ1v) is 12.1. The molecule has 0 aliphatic carbocycles. The minimum Gasteiger partial charge on any atom is -0.508 e. The lowest BCUT2D eigenvalue weighted by atomic mass is 9.86. The number of nitrogens with zero attached hydrogens (tertiary/aromatic N) is 5. The van der Waals surface area contributed by atoms with Crippen molar-refractivity contribution in [2.45, 2.75) is 13.0 Å². The van der Waals surface area contributed by atoms with Crippen molar-refractivity contribution in [2.24, 2.45) is 11.0 Å². The van der Waals surface area contributed by atoms with Crippen molar-refractivity contribution >= 4 is 17.6 Å². The van der Waals surface area contributed by atoms with Gasteiger partial charge in [-0.1, -0.05) is 12.1 Å². The van der Waals surface area contributed by atoms with Crippen molar-refractivity contribution in [3.05, 3.63) is 59.4 Å². The van der Waals surface area contributed by atoms with Gasteiger partial charge in [-0.05, 0) is 35.9 Å². The molecular weight excluding hydrogens is 465 g/mol. The van der Waals surface area contributed by atoms with Gasteiger partial charge in [-0.25, -0.2) is 14.2 Å². The standard InChI is InChI=1S/C26H30FN5O4/c1-17(33)31-12-10-30(11-13-31)9-8-29(2)26(35)32-25(18-4-3-5-20(34)14-18)22-16-36-23-7-6-19(27)15-21(23)24(22)28-32/h3-7,14-15,22,25,34H,8-13,16H2,1-2H3/t22-,25+/m0/s1. The van der Waals surface area contributed by atoms with Crippen LogP contribution in [-0.2, 0) is 4.79 Å². The minimum atomic E-state index is -0.502. The molecule has 3 heterocycles. The number of halogens is 1. The van der Waals surface area contributed by atoms with E-state index in [-0.39, 0.29) is 30.2 Å². The van der Waals surface area contributed by atoms with Gasteiger partial charge in [0.1, 0.15) is 17.3 Å². The summed E-state index contributed by atoms with van der Waals surface area (Å²) in [6.07, 6.45) is 0. The Hall–Kier alpha value is -3.66. The van der Waals surface area contributed by atoms with Gasteiger partial charge in [0.05, 0.1) is 24.3 Å². The number of rotatable bonds is 4. The third-order valence-electron chi connectivity index (χ3n) is 7.15. The number of carbonyl (C=O) groups excluding carboxylic acids is 2. The molecule has 0 bridgehead atoms. The van der Waals surface area contributed by atoms with Gasteiger partial charge < -0.3 is 19.6 Å². The van der Waals surface area contributed by atoms with Gasteiger partial charge in [0.2, 0.25) is 5.91 Å². The van der Waals surface area contributed by atoms with Gasteiger partial charge in [-0.3, -0.25) is 9.69 Å². The first kappa shape index (κ1) is 24.1. The molecular formula is C26H30FN5O4. The molecule has 0 aromatic heterocycles. The number of urea groups is 1. The van der Waals surface area contributed by atoms with E-state index in [9.17, 15) is 19.1 Å². The maximum atomic E-state index is 14.1. The van der Waals surface area contributed by atoms with E-state index in [2.05, 4.69) is 4.90 Å². The second-order valence-corrected chi connectivity index (χ2v) is 9.48. The highest BCUT2D eigenvalue weighted by atomic mass is 19.1. The topological polar surface area (TPSA) is 88.9 Å². The highest BCUT2D eigenvalue weighted by Gasteiger charge is 2.46. The summed E-state index contributed by atoms with van der Waals surface area (Å²) >= 11 is 0. The lowest BCUT2D eigenvalue weighted by Crippen LogP contribution is -2.50. The van der Waals surface area contributed by atoms with E-state index in [1.54, 1.807) is 43.1 Å². The summed E-state index contributed by atoms with van der Waals surface area (Å²) in [5.41, 5.74) is 1.87. The van der Waals surface area contributed by atoms with Gasteiger partial charge in [0, 0.05) is 58.8 Å². The molecule has 3 aliphatic heterocycles. The number of amides is 3. The molecule has 2 aromatic carbocycles. The molecule has 5 rings (SSSR count). The number of phenols is 1. The number of piperazine rings is 1. The van der Waals surface area contributed by atoms with E-state index >= 15 is 0 Å². The number of carbonyl (C=O) groups is 2. The zero-order chi connectivity index (χ0) is 25.4. The molecule has 1 fully saturated rings.